The van der Waals surface area contributed by atoms with Gasteiger partial charge < -0.3 is 10.5 Å². The molecule has 1 aromatic heterocycles. The summed E-state index contributed by atoms with van der Waals surface area (Å²) in [5.74, 6) is 0.618. The van der Waals surface area contributed by atoms with Crippen LogP contribution >= 0.6 is 11.3 Å². The van der Waals surface area contributed by atoms with E-state index < -0.39 is 10.0 Å². The van der Waals surface area contributed by atoms with Gasteiger partial charge in [0, 0.05) is 11.1 Å². The number of sulfonamides is 1. The lowest BCUT2D eigenvalue weighted by Gasteiger charge is -2.07. The fraction of sp³-hybridized carbons (Fsp3) is 0.308. The van der Waals surface area contributed by atoms with Crippen molar-refractivity contribution < 1.29 is 13.2 Å². The highest BCUT2D eigenvalue weighted by atomic mass is 32.2. The number of nitrogens with one attached hydrogen (secondary N) is 1. The number of nitrogens with two attached hydrogens (primary N) is 1. The van der Waals surface area contributed by atoms with Gasteiger partial charge in [0.05, 0.1) is 11.5 Å². The van der Waals surface area contributed by atoms with E-state index in [1.807, 2.05) is 6.92 Å². The fourth-order valence-electron chi connectivity index (χ4n) is 1.56. The Labute approximate surface area is 128 Å². The molecule has 21 heavy (non-hydrogen) atoms. The van der Waals surface area contributed by atoms with Crippen molar-refractivity contribution in [1.29, 1.82) is 0 Å². The van der Waals surface area contributed by atoms with E-state index in [1.54, 1.807) is 18.3 Å². The summed E-state index contributed by atoms with van der Waals surface area (Å²) in [6, 6.07) is 6.25. The van der Waals surface area contributed by atoms with Gasteiger partial charge in [0.2, 0.25) is 0 Å². The van der Waals surface area contributed by atoms with E-state index in [-0.39, 0.29) is 4.90 Å². The second-order valence-corrected chi connectivity index (χ2v) is 7.26. The lowest BCUT2D eigenvalue weighted by atomic mass is 10.3. The molecule has 0 amide bonds. The number of aromatic nitrogens is 1. The van der Waals surface area contributed by atoms with Crippen LogP contribution in [0, 0.1) is 6.92 Å². The van der Waals surface area contributed by atoms with E-state index in [0.717, 1.165) is 11.3 Å². The van der Waals surface area contributed by atoms with Crippen molar-refractivity contribution in [3.05, 3.63) is 35.3 Å². The van der Waals surface area contributed by atoms with Crippen molar-refractivity contribution in [3.8, 4) is 5.75 Å². The van der Waals surface area contributed by atoms with Crippen LogP contribution in [0.5, 0.6) is 5.75 Å². The number of rotatable bonds is 7. The summed E-state index contributed by atoms with van der Waals surface area (Å²) in [6.07, 6.45) is 2.38. The normalized spacial score (nSPS) is 11.3. The van der Waals surface area contributed by atoms with Crippen LogP contribution in [0.15, 0.2) is 35.4 Å². The number of thiazole rings is 1. The number of hydrogen-bond donors (Lipinski definition) is 2. The molecule has 0 aliphatic carbocycles. The average molecular weight is 327 g/mol. The van der Waals surface area contributed by atoms with Gasteiger partial charge in [-0.25, -0.2) is 13.4 Å². The Hall–Kier alpha value is -1.64. The molecule has 2 aromatic rings. The van der Waals surface area contributed by atoms with Crippen LogP contribution in [0.1, 0.15) is 11.3 Å². The zero-order valence-corrected chi connectivity index (χ0v) is 13.2. The largest absolute Gasteiger partial charge is 0.494 e. The molecule has 0 bridgehead atoms. The second kappa shape index (κ2) is 6.88. The SMILES string of the molecule is Cc1cnc(NS(=O)(=O)c2ccc(OCCCN)cc2)s1. The first kappa shape index (κ1) is 15.7. The molecular formula is C13H17N3O3S2. The number of ether oxygens (including phenoxy) is 1. The van der Waals surface area contributed by atoms with Gasteiger partial charge >= 0.3 is 0 Å². The first-order valence-corrected chi connectivity index (χ1v) is 8.69. The first-order valence-electron chi connectivity index (χ1n) is 6.39. The number of anilines is 1. The van der Waals surface area contributed by atoms with E-state index in [0.29, 0.717) is 24.0 Å². The van der Waals surface area contributed by atoms with Gasteiger partial charge in [0.1, 0.15) is 5.75 Å². The van der Waals surface area contributed by atoms with Crippen molar-refractivity contribution in [1.82, 2.24) is 4.98 Å². The predicted octanol–water partition coefficient (Wildman–Crippen LogP) is 1.98. The molecule has 0 aliphatic heterocycles. The monoisotopic (exact) mass is 327 g/mol. The number of aryl methyl sites for hydroxylation is 1. The van der Waals surface area contributed by atoms with Gasteiger partial charge in [0.15, 0.2) is 5.13 Å². The molecule has 1 aromatic carbocycles. The minimum atomic E-state index is -3.62. The maximum Gasteiger partial charge on any atom is 0.263 e. The molecule has 0 unspecified atom stereocenters. The Balaban J connectivity index is 2.06. The molecule has 0 aliphatic rings. The van der Waals surface area contributed by atoms with E-state index in [4.69, 9.17) is 10.5 Å². The lowest BCUT2D eigenvalue weighted by molar-refractivity contribution is 0.313. The van der Waals surface area contributed by atoms with Gasteiger partial charge in [0.25, 0.3) is 10.0 Å². The van der Waals surface area contributed by atoms with Gasteiger partial charge in [-0.2, -0.15) is 0 Å². The van der Waals surface area contributed by atoms with Gasteiger partial charge in [-0.05, 0) is 44.2 Å². The smallest absolute Gasteiger partial charge is 0.263 e. The van der Waals surface area contributed by atoms with Crippen molar-refractivity contribution in [3.63, 3.8) is 0 Å². The fourth-order valence-corrected chi connectivity index (χ4v) is 3.47. The Kier molecular flexibility index (Phi) is 5.16. The molecule has 0 fully saturated rings. The van der Waals surface area contributed by atoms with Crippen molar-refractivity contribution in [2.75, 3.05) is 17.9 Å². The molecule has 2 rings (SSSR count). The summed E-state index contributed by atoms with van der Waals surface area (Å²) in [7, 11) is -3.62. The molecule has 0 atom stereocenters. The van der Waals surface area contributed by atoms with Crippen LogP contribution in [0.25, 0.3) is 0 Å². The third kappa shape index (κ3) is 4.42. The molecule has 3 N–H and O–H groups in total. The van der Waals surface area contributed by atoms with Crippen molar-refractivity contribution in [2.24, 2.45) is 5.73 Å². The van der Waals surface area contributed by atoms with E-state index in [9.17, 15) is 8.42 Å². The van der Waals surface area contributed by atoms with Crippen LogP contribution in [-0.2, 0) is 10.0 Å². The van der Waals surface area contributed by atoms with Crippen LogP contribution in [0.4, 0.5) is 5.13 Å². The van der Waals surface area contributed by atoms with E-state index >= 15 is 0 Å². The molecule has 6 nitrogen and oxygen atoms in total. The zero-order chi connectivity index (χ0) is 15.3. The zero-order valence-electron chi connectivity index (χ0n) is 11.6. The highest BCUT2D eigenvalue weighted by Gasteiger charge is 2.15. The summed E-state index contributed by atoms with van der Waals surface area (Å²) in [5, 5.41) is 0.357. The van der Waals surface area contributed by atoms with Crippen molar-refractivity contribution >= 4 is 26.5 Å². The highest BCUT2D eigenvalue weighted by molar-refractivity contribution is 7.93. The standard InChI is InChI=1S/C13H17N3O3S2/c1-10-9-15-13(20-10)16-21(17,18)12-5-3-11(4-6-12)19-8-2-7-14/h3-6,9H,2,7-8,14H2,1H3,(H,15,16). The minimum absolute atomic E-state index is 0.168. The molecule has 8 heteroatoms. The number of hydrogen-bond acceptors (Lipinski definition) is 6. The van der Waals surface area contributed by atoms with Crippen LogP contribution in [-0.4, -0.2) is 26.6 Å². The molecule has 0 radical (unpaired) electrons. The van der Waals surface area contributed by atoms with Crippen LogP contribution in [0.3, 0.4) is 0 Å². The molecule has 0 spiro atoms. The topological polar surface area (TPSA) is 94.3 Å². The summed E-state index contributed by atoms with van der Waals surface area (Å²) in [5.41, 5.74) is 5.38. The molecule has 114 valence electrons. The Bertz CT molecular complexity index is 681. The predicted molar refractivity (Wildman–Crippen MR) is 83.3 cm³/mol. The molecule has 1 heterocycles. The Morgan fingerprint density at radius 2 is 2.05 bits per heavy atom. The second-order valence-electron chi connectivity index (χ2n) is 4.34. The molecule has 0 saturated heterocycles. The third-order valence-electron chi connectivity index (χ3n) is 2.59. The van der Waals surface area contributed by atoms with Crippen LogP contribution < -0.4 is 15.2 Å². The summed E-state index contributed by atoms with van der Waals surface area (Å²) in [6.45, 7) is 2.94. The third-order valence-corrected chi connectivity index (χ3v) is 4.91. The maximum absolute atomic E-state index is 12.2. The number of benzene rings is 1. The summed E-state index contributed by atoms with van der Waals surface area (Å²) < 4.78 is 32.2. The Morgan fingerprint density at radius 1 is 1.33 bits per heavy atom. The number of nitrogens with zero attached hydrogens (tertiary/aromatic N) is 1. The van der Waals surface area contributed by atoms with E-state index in [2.05, 4.69) is 9.71 Å². The average Bonchev–Trinajstić information content (AvgIpc) is 2.84. The van der Waals surface area contributed by atoms with Gasteiger partial charge in [-0.3, -0.25) is 4.72 Å². The van der Waals surface area contributed by atoms with Gasteiger partial charge in [-0.1, -0.05) is 0 Å². The van der Waals surface area contributed by atoms with Crippen molar-refractivity contribution in [2.45, 2.75) is 18.2 Å². The molecule has 0 saturated carbocycles. The van der Waals surface area contributed by atoms with E-state index in [1.165, 1.54) is 23.5 Å². The molecular weight excluding hydrogens is 310 g/mol. The maximum atomic E-state index is 12.2. The Morgan fingerprint density at radius 3 is 2.62 bits per heavy atom. The quantitative estimate of drug-likeness (QED) is 0.758. The summed E-state index contributed by atoms with van der Waals surface area (Å²) >= 11 is 1.29. The lowest BCUT2D eigenvalue weighted by Crippen LogP contribution is -2.12. The van der Waals surface area contributed by atoms with Crippen LogP contribution in [0.2, 0.25) is 0 Å². The minimum Gasteiger partial charge on any atom is -0.494 e. The van der Waals surface area contributed by atoms with Gasteiger partial charge in [-0.15, -0.1) is 11.3 Å². The summed E-state index contributed by atoms with van der Waals surface area (Å²) in [4.78, 5) is 5.09. The highest BCUT2D eigenvalue weighted by Crippen LogP contribution is 2.22. The first-order chi connectivity index (χ1) is 10.0.